The van der Waals surface area contributed by atoms with E-state index in [1.807, 2.05) is 6.07 Å². The first-order chi connectivity index (χ1) is 13.2. The first kappa shape index (κ1) is 19.2. The molecule has 2 aromatic rings. The van der Waals surface area contributed by atoms with E-state index in [1.165, 1.54) is 18.5 Å². The van der Waals surface area contributed by atoms with Crippen LogP contribution in [0.1, 0.15) is 50.0 Å². The lowest BCUT2D eigenvalue weighted by Crippen LogP contribution is -2.32. The van der Waals surface area contributed by atoms with Crippen molar-refractivity contribution < 1.29 is 4.79 Å². The van der Waals surface area contributed by atoms with Crippen LogP contribution in [0.25, 0.3) is 0 Å². The van der Waals surface area contributed by atoms with E-state index in [2.05, 4.69) is 58.6 Å². The van der Waals surface area contributed by atoms with Crippen LogP contribution in [-0.4, -0.2) is 30.5 Å². The lowest BCUT2D eigenvalue weighted by atomic mass is 9.99. The number of carbonyl (C=O) groups is 1. The number of hydrogen-bond acceptors (Lipinski definition) is 4. The number of piperidine rings is 1. The second-order valence-corrected chi connectivity index (χ2v) is 7.38. The second-order valence-electron chi connectivity index (χ2n) is 7.38. The van der Waals surface area contributed by atoms with Crippen molar-refractivity contribution in [1.82, 2.24) is 10.3 Å². The van der Waals surface area contributed by atoms with Crippen molar-refractivity contribution in [3.05, 3.63) is 48.3 Å². The summed E-state index contributed by atoms with van der Waals surface area (Å²) in [6.07, 6.45) is 6.23. The smallest absolute Gasteiger partial charge is 0.269 e. The summed E-state index contributed by atoms with van der Waals surface area (Å²) in [6, 6.07) is 12.2. The quantitative estimate of drug-likeness (QED) is 0.704. The van der Waals surface area contributed by atoms with Crippen molar-refractivity contribution >= 4 is 23.0 Å². The SMILES string of the molecule is CCCCNC(=O)c1cc(Nc2ccc(N3CCC(C)CC3)cc2)ccn1. The monoisotopic (exact) mass is 366 g/mol. The van der Waals surface area contributed by atoms with E-state index in [0.29, 0.717) is 12.2 Å². The van der Waals surface area contributed by atoms with Crippen LogP contribution in [-0.2, 0) is 0 Å². The van der Waals surface area contributed by atoms with Gasteiger partial charge in [-0.15, -0.1) is 0 Å². The van der Waals surface area contributed by atoms with Gasteiger partial charge in [-0.3, -0.25) is 9.78 Å². The summed E-state index contributed by atoms with van der Waals surface area (Å²) in [5.74, 6) is 0.712. The third kappa shape index (κ3) is 5.46. The van der Waals surface area contributed by atoms with E-state index in [0.717, 1.165) is 43.2 Å². The van der Waals surface area contributed by atoms with Crippen LogP contribution in [0.15, 0.2) is 42.6 Å². The van der Waals surface area contributed by atoms with E-state index >= 15 is 0 Å². The van der Waals surface area contributed by atoms with Gasteiger partial charge in [0, 0.05) is 42.9 Å². The topological polar surface area (TPSA) is 57.3 Å². The lowest BCUT2D eigenvalue weighted by molar-refractivity contribution is 0.0948. The largest absolute Gasteiger partial charge is 0.372 e. The minimum atomic E-state index is -0.123. The van der Waals surface area contributed by atoms with Crippen molar-refractivity contribution in [2.75, 3.05) is 29.9 Å². The molecule has 0 saturated carbocycles. The van der Waals surface area contributed by atoms with Crippen molar-refractivity contribution in [2.45, 2.75) is 39.5 Å². The highest BCUT2D eigenvalue weighted by molar-refractivity contribution is 5.93. The molecule has 0 atom stereocenters. The van der Waals surface area contributed by atoms with Crippen LogP contribution in [0.3, 0.4) is 0 Å². The van der Waals surface area contributed by atoms with Gasteiger partial charge in [-0.1, -0.05) is 20.3 Å². The van der Waals surface area contributed by atoms with Crippen molar-refractivity contribution in [2.24, 2.45) is 5.92 Å². The molecule has 3 rings (SSSR count). The summed E-state index contributed by atoms with van der Waals surface area (Å²) < 4.78 is 0. The number of nitrogens with one attached hydrogen (secondary N) is 2. The number of anilines is 3. The molecule has 2 N–H and O–H groups in total. The van der Waals surface area contributed by atoms with Crippen LogP contribution < -0.4 is 15.5 Å². The fourth-order valence-corrected chi connectivity index (χ4v) is 3.29. The third-order valence-corrected chi connectivity index (χ3v) is 5.11. The number of hydrogen-bond donors (Lipinski definition) is 2. The number of amides is 1. The number of unbranched alkanes of at least 4 members (excludes halogenated alkanes) is 1. The van der Waals surface area contributed by atoms with Crippen LogP contribution >= 0.6 is 0 Å². The lowest BCUT2D eigenvalue weighted by Gasteiger charge is -2.32. The van der Waals surface area contributed by atoms with Crippen molar-refractivity contribution in [3.8, 4) is 0 Å². The molecular weight excluding hydrogens is 336 g/mol. The Balaban J connectivity index is 1.60. The molecule has 1 aliphatic heterocycles. The minimum Gasteiger partial charge on any atom is -0.372 e. The Morgan fingerprint density at radius 3 is 2.59 bits per heavy atom. The molecule has 144 valence electrons. The summed E-state index contributed by atoms with van der Waals surface area (Å²) in [4.78, 5) is 18.8. The number of nitrogens with zero attached hydrogens (tertiary/aromatic N) is 2. The number of aromatic nitrogens is 1. The van der Waals surface area contributed by atoms with Gasteiger partial charge in [0.25, 0.3) is 5.91 Å². The number of carbonyl (C=O) groups excluding carboxylic acids is 1. The van der Waals surface area contributed by atoms with Crippen LogP contribution in [0.4, 0.5) is 17.1 Å². The van der Waals surface area contributed by atoms with Crippen LogP contribution in [0, 0.1) is 5.92 Å². The Morgan fingerprint density at radius 2 is 1.89 bits per heavy atom. The van der Waals surface area contributed by atoms with Gasteiger partial charge in [0.05, 0.1) is 0 Å². The average molecular weight is 367 g/mol. The zero-order valence-electron chi connectivity index (χ0n) is 16.4. The highest BCUT2D eigenvalue weighted by Gasteiger charge is 2.15. The standard InChI is InChI=1S/C22H30N4O/c1-3-4-12-24-22(27)21-16-19(9-13-23-21)25-18-5-7-20(8-6-18)26-14-10-17(2)11-15-26/h5-9,13,16-17H,3-4,10-12,14-15H2,1-2H3,(H,23,25)(H,24,27). The maximum Gasteiger partial charge on any atom is 0.269 e. The molecule has 0 unspecified atom stereocenters. The Morgan fingerprint density at radius 1 is 1.15 bits per heavy atom. The second kappa shape index (κ2) is 9.40. The van der Waals surface area contributed by atoms with Crippen LogP contribution in [0.2, 0.25) is 0 Å². The third-order valence-electron chi connectivity index (χ3n) is 5.11. The molecule has 2 heterocycles. The maximum absolute atomic E-state index is 12.2. The molecule has 0 spiro atoms. The van der Waals surface area contributed by atoms with E-state index < -0.39 is 0 Å². The molecule has 1 aromatic heterocycles. The number of benzene rings is 1. The highest BCUT2D eigenvalue weighted by Crippen LogP contribution is 2.25. The molecule has 27 heavy (non-hydrogen) atoms. The van der Waals surface area contributed by atoms with Gasteiger partial charge in [0.1, 0.15) is 5.69 Å². The molecule has 1 amide bonds. The highest BCUT2D eigenvalue weighted by atomic mass is 16.1. The zero-order chi connectivity index (χ0) is 19.1. The van der Waals surface area contributed by atoms with E-state index in [-0.39, 0.29) is 5.91 Å². The van der Waals surface area contributed by atoms with Crippen molar-refractivity contribution in [3.63, 3.8) is 0 Å². The van der Waals surface area contributed by atoms with E-state index in [1.54, 1.807) is 12.3 Å². The van der Waals surface area contributed by atoms with Gasteiger partial charge in [-0.25, -0.2) is 0 Å². The normalized spacial score (nSPS) is 14.8. The predicted octanol–water partition coefficient (Wildman–Crippen LogP) is 4.59. The van der Waals surface area contributed by atoms with Crippen LogP contribution in [0.5, 0.6) is 0 Å². The number of pyridine rings is 1. The van der Waals surface area contributed by atoms with Gasteiger partial charge >= 0.3 is 0 Å². The van der Waals surface area contributed by atoms with Gasteiger partial charge < -0.3 is 15.5 Å². The molecule has 1 aromatic carbocycles. The average Bonchev–Trinajstić information content (AvgIpc) is 2.70. The molecule has 1 aliphatic rings. The maximum atomic E-state index is 12.2. The summed E-state index contributed by atoms with van der Waals surface area (Å²) in [6.45, 7) is 7.39. The predicted molar refractivity (Wildman–Crippen MR) is 112 cm³/mol. The first-order valence-corrected chi connectivity index (χ1v) is 10.0. The van der Waals surface area contributed by atoms with Gasteiger partial charge in [0.15, 0.2) is 0 Å². The molecule has 0 aliphatic carbocycles. The molecule has 0 bridgehead atoms. The fraction of sp³-hybridized carbons (Fsp3) is 0.455. The molecule has 1 saturated heterocycles. The summed E-state index contributed by atoms with van der Waals surface area (Å²) >= 11 is 0. The van der Waals surface area contributed by atoms with E-state index in [4.69, 9.17) is 0 Å². The Bertz CT molecular complexity index is 736. The van der Waals surface area contributed by atoms with Gasteiger partial charge in [0.2, 0.25) is 0 Å². The number of rotatable bonds is 7. The summed E-state index contributed by atoms with van der Waals surface area (Å²) in [7, 11) is 0. The Hall–Kier alpha value is -2.56. The van der Waals surface area contributed by atoms with Gasteiger partial charge in [-0.05, 0) is 61.6 Å². The Labute approximate surface area is 162 Å². The molecule has 5 heteroatoms. The fourth-order valence-electron chi connectivity index (χ4n) is 3.29. The first-order valence-electron chi connectivity index (χ1n) is 10.0. The summed E-state index contributed by atoms with van der Waals surface area (Å²) in [5, 5.41) is 6.27. The van der Waals surface area contributed by atoms with E-state index in [9.17, 15) is 4.79 Å². The van der Waals surface area contributed by atoms with Gasteiger partial charge in [-0.2, -0.15) is 0 Å². The molecule has 0 radical (unpaired) electrons. The Kier molecular flexibility index (Phi) is 6.69. The molecule has 5 nitrogen and oxygen atoms in total. The summed E-state index contributed by atoms with van der Waals surface area (Å²) in [5.41, 5.74) is 3.59. The minimum absolute atomic E-state index is 0.123. The van der Waals surface area contributed by atoms with Crippen molar-refractivity contribution in [1.29, 1.82) is 0 Å². The molecular formula is C22H30N4O. The molecule has 1 fully saturated rings. The zero-order valence-corrected chi connectivity index (χ0v) is 16.4.